The SMILES string of the molecule is CCCN(Cc1csc(-c2ccc(C)cc2)n1)C1CCNCC1.Cl. The molecule has 0 spiro atoms. The minimum Gasteiger partial charge on any atom is -0.317 e. The number of rotatable bonds is 6. The second-order valence-electron chi connectivity index (χ2n) is 6.46. The van der Waals surface area contributed by atoms with E-state index < -0.39 is 0 Å². The van der Waals surface area contributed by atoms with Crippen LogP contribution in [-0.2, 0) is 6.54 Å². The van der Waals surface area contributed by atoms with Crippen molar-refractivity contribution in [3.05, 3.63) is 40.9 Å². The van der Waals surface area contributed by atoms with E-state index in [4.69, 9.17) is 4.98 Å². The zero-order valence-electron chi connectivity index (χ0n) is 14.6. The molecule has 5 heteroatoms. The summed E-state index contributed by atoms with van der Waals surface area (Å²) in [5.74, 6) is 0. The zero-order valence-corrected chi connectivity index (χ0v) is 16.3. The highest BCUT2D eigenvalue weighted by Gasteiger charge is 2.21. The van der Waals surface area contributed by atoms with Crippen molar-refractivity contribution in [1.29, 1.82) is 0 Å². The molecule has 1 aromatic carbocycles. The summed E-state index contributed by atoms with van der Waals surface area (Å²) in [4.78, 5) is 7.52. The molecule has 0 aliphatic carbocycles. The number of aromatic nitrogens is 1. The number of hydrogen-bond donors (Lipinski definition) is 1. The highest BCUT2D eigenvalue weighted by atomic mass is 35.5. The molecule has 1 saturated heterocycles. The van der Waals surface area contributed by atoms with Gasteiger partial charge in [-0.25, -0.2) is 4.98 Å². The summed E-state index contributed by atoms with van der Waals surface area (Å²) in [7, 11) is 0. The third-order valence-corrected chi connectivity index (χ3v) is 5.49. The molecule has 1 N–H and O–H groups in total. The van der Waals surface area contributed by atoms with E-state index >= 15 is 0 Å². The third-order valence-electron chi connectivity index (χ3n) is 4.55. The number of aryl methyl sites for hydroxylation is 1. The smallest absolute Gasteiger partial charge is 0.123 e. The first kappa shape index (κ1) is 19.4. The quantitative estimate of drug-likeness (QED) is 0.816. The Morgan fingerprint density at radius 1 is 1.21 bits per heavy atom. The molecule has 132 valence electrons. The van der Waals surface area contributed by atoms with Crippen LogP contribution in [0.1, 0.15) is 37.4 Å². The molecule has 3 nitrogen and oxygen atoms in total. The van der Waals surface area contributed by atoms with E-state index in [1.54, 1.807) is 11.3 Å². The van der Waals surface area contributed by atoms with Gasteiger partial charge >= 0.3 is 0 Å². The fourth-order valence-electron chi connectivity index (χ4n) is 3.27. The molecular formula is C19H28ClN3S. The van der Waals surface area contributed by atoms with Crippen molar-refractivity contribution in [3.8, 4) is 10.6 Å². The van der Waals surface area contributed by atoms with Crippen LogP contribution in [0, 0.1) is 6.92 Å². The number of hydrogen-bond acceptors (Lipinski definition) is 4. The van der Waals surface area contributed by atoms with E-state index in [9.17, 15) is 0 Å². The highest BCUT2D eigenvalue weighted by molar-refractivity contribution is 7.13. The molecule has 0 radical (unpaired) electrons. The van der Waals surface area contributed by atoms with Gasteiger partial charge in [-0.15, -0.1) is 23.7 Å². The van der Waals surface area contributed by atoms with Crippen molar-refractivity contribution in [2.45, 2.75) is 45.7 Å². The minimum atomic E-state index is 0. The second-order valence-corrected chi connectivity index (χ2v) is 7.32. The Morgan fingerprint density at radius 2 is 1.92 bits per heavy atom. The molecule has 3 rings (SSSR count). The number of halogens is 1. The number of benzene rings is 1. The summed E-state index contributed by atoms with van der Waals surface area (Å²) in [5.41, 5.74) is 3.75. The van der Waals surface area contributed by atoms with Gasteiger partial charge < -0.3 is 5.32 Å². The van der Waals surface area contributed by atoms with Crippen LogP contribution in [0.25, 0.3) is 10.6 Å². The summed E-state index contributed by atoms with van der Waals surface area (Å²) in [6.45, 7) is 8.85. The summed E-state index contributed by atoms with van der Waals surface area (Å²) < 4.78 is 0. The Labute approximate surface area is 155 Å². The number of thiazole rings is 1. The number of nitrogens with one attached hydrogen (secondary N) is 1. The Balaban J connectivity index is 0.00000208. The summed E-state index contributed by atoms with van der Waals surface area (Å²) in [6.07, 6.45) is 3.72. The topological polar surface area (TPSA) is 28.2 Å². The molecule has 2 aromatic rings. The van der Waals surface area contributed by atoms with Gasteiger partial charge in [-0.3, -0.25) is 4.90 Å². The Morgan fingerprint density at radius 3 is 2.58 bits per heavy atom. The predicted octanol–water partition coefficient (Wildman–Crippen LogP) is 4.50. The van der Waals surface area contributed by atoms with Gasteiger partial charge in [-0.1, -0.05) is 36.8 Å². The molecule has 1 fully saturated rings. The highest BCUT2D eigenvalue weighted by Crippen LogP contribution is 2.25. The van der Waals surface area contributed by atoms with Gasteiger partial charge in [0.15, 0.2) is 0 Å². The van der Waals surface area contributed by atoms with Crippen LogP contribution >= 0.6 is 23.7 Å². The van der Waals surface area contributed by atoms with E-state index in [2.05, 4.69) is 53.7 Å². The molecule has 1 aliphatic rings. The molecule has 0 amide bonds. The first-order valence-electron chi connectivity index (χ1n) is 8.72. The van der Waals surface area contributed by atoms with Crippen LogP contribution in [0.3, 0.4) is 0 Å². The molecule has 1 aliphatic heterocycles. The molecule has 0 saturated carbocycles. The molecule has 24 heavy (non-hydrogen) atoms. The summed E-state index contributed by atoms with van der Waals surface area (Å²) in [5, 5.41) is 6.84. The maximum atomic E-state index is 4.89. The standard InChI is InChI=1S/C19H27N3S.ClH/c1-3-12-22(18-8-10-20-11-9-18)13-17-14-23-19(21-17)16-6-4-15(2)5-7-16;/h4-7,14,18,20H,3,8-13H2,1-2H3;1H. The maximum Gasteiger partial charge on any atom is 0.123 e. The molecule has 2 heterocycles. The van der Waals surface area contributed by atoms with Crippen molar-refractivity contribution in [3.63, 3.8) is 0 Å². The van der Waals surface area contributed by atoms with E-state index in [-0.39, 0.29) is 12.4 Å². The fourth-order valence-corrected chi connectivity index (χ4v) is 4.08. The van der Waals surface area contributed by atoms with Crippen LogP contribution in [0.4, 0.5) is 0 Å². The fraction of sp³-hybridized carbons (Fsp3) is 0.526. The summed E-state index contributed by atoms with van der Waals surface area (Å²) >= 11 is 1.77. The van der Waals surface area contributed by atoms with Crippen LogP contribution in [0.5, 0.6) is 0 Å². The Kier molecular flexibility index (Phi) is 7.69. The van der Waals surface area contributed by atoms with E-state index in [1.807, 2.05) is 0 Å². The lowest BCUT2D eigenvalue weighted by Gasteiger charge is -2.34. The summed E-state index contributed by atoms with van der Waals surface area (Å²) in [6, 6.07) is 9.38. The van der Waals surface area contributed by atoms with Crippen LogP contribution in [0.15, 0.2) is 29.6 Å². The Bertz CT molecular complexity index is 605. The van der Waals surface area contributed by atoms with Gasteiger partial charge in [-0.05, 0) is 45.8 Å². The lowest BCUT2D eigenvalue weighted by molar-refractivity contribution is 0.153. The van der Waals surface area contributed by atoms with Crippen molar-refractivity contribution in [2.24, 2.45) is 0 Å². The first-order chi connectivity index (χ1) is 11.3. The van der Waals surface area contributed by atoms with Gasteiger partial charge in [0.1, 0.15) is 5.01 Å². The number of nitrogens with zero attached hydrogens (tertiary/aromatic N) is 2. The van der Waals surface area contributed by atoms with Crippen molar-refractivity contribution in [2.75, 3.05) is 19.6 Å². The van der Waals surface area contributed by atoms with Gasteiger partial charge in [0.05, 0.1) is 5.69 Å². The van der Waals surface area contributed by atoms with Crippen LogP contribution in [-0.4, -0.2) is 35.6 Å². The van der Waals surface area contributed by atoms with Crippen molar-refractivity contribution in [1.82, 2.24) is 15.2 Å². The van der Waals surface area contributed by atoms with Crippen LogP contribution in [0.2, 0.25) is 0 Å². The molecule has 1 aromatic heterocycles. The number of piperidine rings is 1. The molecule has 0 atom stereocenters. The molecule has 0 bridgehead atoms. The molecular weight excluding hydrogens is 338 g/mol. The maximum absolute atomic E-state index is 4.89. The monoisotopic (exact) mass is 365 g/mol. The van der Waals surface area contributed by atoms with E-state index in [1.165, 1.54) is 42.6 Å². The van der Waals surface area contributed by atoms with E-state index in [0.29, 0.717) is 6.04 Å². The van der Waals surface area contributed by atoms with Crippen molar-refractivity contribution >= 4 is 23.7 Å². The minimum absolute atomic E-state index is 0. The predicted molar refractivity (Wildman–Crippen MR) is 106 cm³/mol. The largest absolute Gasteiger partial charge is 0.317 e. The zero-order chi connectivity index (χ0) is 16.1. The van der Waals surface area contributed by atoms with Crippen molar-refractivity contribution < 1.29 is 0 Å². The van der Waals surface area contributed by atoms with Gasteiger partial charge in [0, 0.05) is 23.5 Å². The normalized spacial score (nSPS) is 15.5. The third kappa shape index (κ3) is 5.03. The van der Waals surface area contributed by atoms with Gasteiger partial charge in [0.25, 0.3) is 0 Å². The van der Waals surface area contributed by atoms with E-state index in [0.717, 1.165) is 24.6 Å². The van der Waals surface area contributed by atoms with Gasteiger partial charge in [0.2, 0.25) is 0 Å². The second kappa shape index (κ2) is 9.52. The van der Waals surface area contributed by atoms with Gasteiger partial charge in [-0.2, -0.15) is 0 Å². The van der Waals surface area contributed by atoms with Crippen LogP contribution < -0.4 is 5.32 Å². The lowest BCUT2D eigenvalue weighted by Crippen LogP contribution is -2.43. The Hall–Kier alpha value is -0.940. The average Bonchev–Trinajstić information content (AvgIpc) is 3.04. The first-order valence-corrected chi connectivity index (χ1v) is 9.60. The average molecular weight is 366 g/mol. The molecule has 0 unspecified atom stereocenters. The lowest BCUT2D eigenvalue weighted by atomic mass is 10.0.